The van der Waals surface area contributed by atoms with E-state index in [9.17, 15) is 14.3 Å². The quantitative estimate of drug-likeness (QED) is 0.643. The molecule has 1 aromatic carbocycles. The fourth-order valence-corrected chi connectivity index (χ4v) is 2.43. The van der Waals surface area contributed by atoms with Crippen LogP contribution >= 0.6 is 24.0 Å². The summed E-state index contributed by atoms with van der Waals surface area (Å²) in [5.74, 6) is -1.13. The monoisotopic (exact) mass is 285 g/mol. The van der Waals surface area contributed by atoms with Gasteiger partial charge in [-0.15, -0.1) is 0 Å². The highest BCUT2D eigenvalue weighted by molar-refractivity contribution is 8.26. The van der Waals surface area contributed by atoms with Gasteiger partial charge in [0, 0.05) is 11.6 Å². The zero-order valence-corrected chi connectivity index (χ0v) is 10.8. The molecule has 0 unspecified atom stereocenters. The Hall–Kier alpha value is -1.60. The van der Waals surface area contributed by atoms with Crippen LogP contribution in [0.3, 0.4) is 0 Å². The van der Waals surface area contributed by atoms with Crippen LogP contribution in [0.5, 0.6) is 11.5 Å². The summed E-state index contributed by atoms with van der Waals surface area (Å²) >= 11 is 5.86. The van der Waals surface area contributed by atoms with Crippen molar-refractivity contribution in [2.75, 3.05) is 7.11 Å². The number of phenolic OH excluding ortho intramolecular Hbond substituents is 1. The van der Waals surface area contributed by atoms with Crippen molar-refractivity contribution < 1.29 is 19.0 Å². The number of aromatic hydroxyl groups is 1. The van der Waals surface area contributed by atoms with Crippen LogP contribution < -0.4 is 10.1 Å². The van der Waals surface area contributed by atoms with Crippen LogP contribution in [0.25, 0.3) is 6.08 Å². The average Bonchev–Trinajstić information content (AvgIpc) is 2.62. The molecule has 0 spiro atoms. The first kappa shape index (κ1) is 12.8. The van der Waals surface area contributed by atoms with Gasteiger partial charge in [-0.1, -0.05) is 24.0 Å². The number of methoxy groups -OCH3 is 1. The van der Waals surface area contributed by atoms with E-state index in [1.54, 1.807) is 0 Å². The molecule has 1 saturated heterocycles. The van der Waals surface area contributed by atoms with Gasteiger partial charge in [-0.05, 0) is 12.1 Å². The lowest BCUT2D eigenvalue weighted by Gasteiger charge is -2.05. The highest BCUT2D eigenvalue weighted by atomic mass is 32.2. The number of amides is 1. The number of hydrogen-bond acceptors (Lipinski definition) is 5. The molecule has 7 heteroatoms. The summed E-state index contributed by atoms with van der Waals surface area (Å²) in [5.41, 5.74) is 0.0932. The second-order valence-corrected chi connectivity index (χ2v) is 5.12. The molecular formula is C11H8FNO3S2. The van der Waals surface area contributed by atoms with Crippen molar-refractivity contribution in [2.24, 2.45) is 0 Å². The summed E-state index contributed by atoms with van der Waals surface area (Å²) in [6.45, 7) is 0. The van der Waals surface area contributed by atoms with Gasteiger partial charge in [0.15, 0.2) is 11.5 Å². The van der Waals surface area contributed by atoms with Crippen molar-refractivity contribution in [1.29, 1.82) is 0 Å². The van der Waals surface area contributed by atoms with E-state index < -0.39 is 5.82 Å². The van der Waals surface area contributed by atoms with Crippen LogP contribution in [0.4, 0.5) is 4.39 Å². The molecule has 1 aliphatic heterocycles. The van der Waals surface area contributed by atoms with Gasteiger partial charge in [-0.25, -0.2) is 4.39 Å². The molecule has 0 aliphatic carbocycles. The van der Waals surface area contributed by atoms with E-state index >= 15 is 0 Å². The maximum absolute atomic E-state index is 13.7. The molecule has 1 amide bonds. The highest BCUT2D eigenvalue weighted by Gasteiger charge is 2.22. The molecule has 0 saturated carbocycles. The largest absolute Gasteiger partial charge is 0.504 e. The van der Waals surface area contributed by atoms with Crippen LogP contribution in [0.2, 0.25) is 0 Å². The highest BCUT2D eigenvalue weighted by Crippen LogP contribution is 2.32. The molecule has 1 aromatic rings. The second-order valence-electron chi connectivity index (χ2n) is 3.40. The number of carbonyl (C=O) groups is 1. The number of ether oxygens (including phenoxy) is 1. The molecule has 1 fully saturated rings. The van der Waals surface area contributed by atoms with E-state index in [1.165, 1.54) is 19.3 Å². The normalized spacial score (nSPS) is 17.1. The molecule has 0 radical (unpaired) electrons. The summed E-state index contributed by atoms with van der Waals surface area (Å²) in [5, 5.41) is 12.0. The Labute approximate surface area is 112 Å². The summed E-state index contributed by atoms with van der Waals surface area (Å²) in [6, 6.07) is 2.24. The zero-order valence-electron chi connectivity index (χ0n) is 9.19. The Morgan fingerprint density at radius 2 is 2.28 bits per heavy atom. The lowest BCUT2D eigenvalue weighted by molar-refractivity contribution is -0.115. The number of hydrogen-bond donors (Lipinski definition) is 2. The molecule has 0 bridgehead atoms. The number of phenols is 1. The van der Waals surface area contributed by atoms with Crippen LogP contribution in [0.1, 0.15) is 5.56 Å². The maximum atomic E-state index is 13.7. The third-order valence-electron chi connectivity index (χ3n) is 2.23. The number of benzene rings is 1. The van der Waals surface area contributed by atoms with Gasteiger partial charge < -0.3 is 15.2 Å². The van der Waals surface area contributed by atoms with E-state index in [0.717, 1.165) is 17.8 Å². The van der Waals surface area contributed by atoms with E-state index in [-0.39, 0.29) is 27.9 Å². The molecule has 0 aromatic heterocycles. The molecule has 94 valence electrons. The Morgan fingerprint density at radius 3 is 2.83 bits per heavy atom. The average molecular weight is 285 g/mol. The molecular weight excluding hydrogens is 277 g/mol. The van der Waals surface area contributed by atoms with Gasteiger partial charge in [0.05, 0.1) is 12.0 Å². The predicted octanol–water partition coefficient (Wildman–Crippen LogP) is 2.03. The number of nitrogens with one attached hydrogen (secondary N) is 1. The van der Waals surface area contributed by atoms with Crippen molar-refractivity contribution in [3.63, 3.8) is 0 Å². The molecule has 2 N–H and O–H groups in total. The Morgan fingerprint density at radius 1 is 1.56 bits per heavy atom. The van der Waals surface area contributed by atoms with Crippen LogP contribution in [-0.2, 0) is 4.79 Å². The van der Waals surface area contributed by atoms with Crippen molar-refractivity contribution in [3.05, 3.63) is 28.4 Å². The van der Waals surface area contributed by atoms with Gasteiger partial charge in [-0.3, -0.25) is 4.79 Å². The smallest absolute Gasteiger partial charge is 0.263 e. The van der Waals surface area contributed by atoms with Crippen LogP contribution in [-0.4, -0.2) is 22.4 Å². The number of thiocarbonyl (C=S) groups is 1. The van der Waals surface area contributed by atoms with Crippen molar-refractivity contribution in [2.45, 2.75) is 0 Å². The SMILES string of the molecule is COc1cc(F)c(/C=C2\SC(=S)NC2=O)cc1O. The van der Waals surface area contributed by atoms with Gasteiger partial charge in [-0.2, -0.15) is 0 Å². The van der Waals surface area contributed by atoms with E-state index in [0.29, 0.717) is 4.32 Å². The number of carbonyl (C=O) groups excluding carboxylic acids is 1. The molecule has 0 atom stereocenters. The minimum atomic E-state index is -0.594. The van der Waals surface area contributed by atoms with Crippen molar-refractivity contribution in [1.82, 2.24) is 5.32 Å². The van der Waals surface area contributed by atoms with E-state index in [4.69, 9.17) is 17.0 Å². The van der Waals surface area contributed by atoms with Gasteiger partial charge in [0.1, 0.15) is 10.1 Å². The Kier molecular flexibility index (Phi) is 3.53. The predicted molar refractivity (Wildman–Crippen MR) is 70.9 cm³/mol. The summed E-state index contributed by atoms with van der Waals surface area (Å²) < 4.78 is 18.8. The van der Waals surface area contributed by atoms with Gasteiger partial charge in [0.2, 0.25) is 0 Å². The lowest BCUT2D eigenvalue weighted by atomic mass is 10.1. The van der Waals surface area contributed by atoms with E-state index in [2.05, 4.69) is 5.32 Å². The lowest BCUT2D eigenvalue weighted by Crippen LogP contribution is -2.17. The molecule has 1 aliphatic rings. The third-order valence-corrected chi connectivity index (χ3v) is 3.39. The Balaban J connectivity index is 2.41. The van der Waals surface area contributed by atoms with E-state index in [1.807, 2.05) is 0 Å². The maximum Gasteiger partial charge on any atom is 0.263 e. The standard InChI is InChI=1S/C11H8FNO3S2/c1-16-8-4-6(12)5(2-7(8)14)3-9-10(15)13-11(17)18-9/h2-4,14H,1H3,(H,13,15,17)/b9-3-. The van der Waals surface area contributed by atoms with Gasteiger partial charge >= 0.3 is 0 Å². The minimum absolute atomic E-state index is 0.0358. The molecule has 18 heavy (non-hydrogen) atoms. The third kappa shape index (κ3) is 2.46. The summed E-state index contributed by atoms with van der Waals surface area (Å²) in [7, 11) is 1.32. The fraction of sp³-hybridized carbons (Fsp3) is 0.0909. The molecule has 2 rings (SSSR count). The van der Waals surface area contributed by atoms with Crippen molar-refractivity contribution >= 4 is 40.3 Å². The van der Waals surface area contributed by atoms with Crippen LogP contribution in [0.15, 0.2) is 17.0 Å². The Bertz CT molecular complexity index is 572. The summed E-state index contributed by atoms with van der Waals surface area (Å²) in [4.78, 5) is 11.7. The first-order valence-electron chi connectivity index (χ1n) is 4.82. The van der Waals surface area contributed by atoms with Crippen molar-refractivity contribution in [3.8, 4) is 11.5 Å². The minimum Gasteiger partial charge on any atom is -0.504 e. The topological polar surface area (TPSA) is 58.6 Å². The fourth-order valence-electron chi connectivity index (χ4n) is 1.40. The number of halogens is 1. The summed E-state index contributed by atoms with van der Waals surface area (Å²) in [6.07, 6.45) is 1.33. The second kappa shape index (κ2) is 4.95. The number of thioether (sulfide) groups is 1. The molecule has 4 nitrogen and oxygen atoms in total. The van der Waals surface area contributed by atoms with Gasteiger partial charge in [0.25, 0.3) is 5.91 Å². The first-order chi connectivity index (χ1) is 8.51. The van der Waals surface area contributed by atoms with Crippen LogP contribution in [0, 0.1) is 5.82 Å². The molecule has 1 heterocycles. The number of rotatable bonds is 2. The zero-order chi connectivity index (χ0) is 13.3. The first-order valence-corrected chi connectivity index (χ1v) is 6.05.